The van der Waals surface area contributed by atoms with Crippen molar-refractivity contribution in [2.45, 2.75) is 88.7 Å². The highest BCUT2D eigenvalue weighted by Gasteiger charge is 2.51. The monoisotopic (exact) mass is 1020 g/mol. The predicted molar refractivity (Wildman–Crippen MR) is 265 cm³/mol. The van der Waals surface area contributed by atoms with Crippen LogP contribution in [0.2, 0.25) is 0 Å². The number of nitrogens with one attached hydrogen (secondary N) is 2. The number of amides is 5. The van der Waals surface area contributed by atoms with Gasteiger partial charge in [-0.25, -0.2) is 22.4 Å². The number of benzene rings is 3. The molecular formula is C55H60F4N8O7. The molecule has 3 atom stereocenters. The molecule has 1 saturated carbocycles. The molecule has 4 aromatic carbocycles. The number of primary amides is 1. The molecule has 5 aliphatic rings. The Bertz CT molecular complexity index is 3010. The molecule has 5 aromatic rings. The van der Waals surface area contributed by atoms with Crippen LogP contribution in [0.1, 0.15) is 103 Å². The number of aliphatic hydroxyl groups excluding tert-OH is 1. The fourth-order valence-electron chi connectivity index (χ4n) is 12.3. The highest BCUT2D eigenvalue weighted by molar-refractivity contribution is 6.09. The van der Waals surface area contributed by atoms with Crippen molar-refractivity contribution in [2.75, 3.05) is 63.9 Å². The number of hydrogen-bond acceptors (Lipinski definition) is 10. The zero-order valence-electron chi connectivity index (χ0n) is 41.7. The number of aliphatic hydroxyl groups is 1. The van der Waals surface area contributed by atoms with Gasteiger partial charge in [0, 0.05) is 92.4 Å². The van der Waals surface area contributed by atoms with E-state index in [-0.39, 0.29) is 118 Å². The van der Waals surface area contributed by atoms with Crippen LogP contribution in [0.25, 0.3) is 22.0 Å². The fourth-order valence-corrected chi connectivity index (χ4v) is 12.3. The Labute approximate surface area is 426 Å². The van der Waals surface area contributed by atoms with Gasteiger partial charge in [0.1, 0.15) is 29.5 Å². The number of urea groups is 1. The van der Waals surface area contributed by atoms with Crippen molar-refractivity contribution in [2.24, 2.45) is 24.6 Å². The summed E-state index contributed by atoms with van der Waals surface area (Å²) in [6.07, 6.45) is 4.87. The van der Waals surface area contributed by atoms with Crippen molar-refractivity contribution in [3.05, 3.63) is 106 Å². The van der Waals surface area contributed by atoms with Crippen LogP contribution >= 0.6 is 0 Å². The number of nitrogens with zero attached hydrogens (tertiary/aromatic N) is 5. The van der Waals surface area contributed by atoms with E-state index in [2.05, 4.69) is 32.8 Å². The van der Waals surface area contributed by atoms with Gasteiger partial charge >= 0.3 is 6.03 Å². The van der Waals surface area contributed by atoms with Gasteiger partial charge in [-0.15, -0.1) is 0 Å². The molecule has 3 saturated heterocycles. The lowest BCUT2D eigenvalue weighted by Gasteiger charge is -2.37. The third kappa shape index (κ3) is 9.18. The van der Waals surface area contributed by atoms with E-state index >= 15 is 17.6 Å². The van der Waals surface area contributed by atoms with Gasteiger partial charge in [-0.3, -0.25) is 29.3 Å². The first kappa shape index (κ1) is 50.8. The lowest BCUT2D eigenvalue weighted by molar-refractivity contribution is -0.135. The molecule has 15 nitrogen and oxygen atoms in total. The van der Waals surface area contributed by atoms with E-state index < -0.39 is 52.6 Å². The largest absolute Gasteiger partial charge is 0.488 e. The Morgan fingerprint density at radius 3 is 2.45 bits per heavy atom. The molecule has 4 fully saturated rings. The van der Waals surface area contributed by atoms with Gasteiger partial charge in [0.25, 0.3) is 0 Å². The number of halogens is 4. The van der Waals surface area contributed by atoms with Crippen LogP contribution in [0.3, 0.4) is 0 Å². The lowest BCUT2D eigenvalue weighted by atomic mass is 9.76. The number of nitrogens with two attached hydrogens (primary N) is 1. The van der Waals surface area contributed by atoms with Gasteiger partial charge in [-0.1, -0.05) is 25.1 Å². The first-order valence-electron chi connectivity index (χ1n) is 25.6. The number of fused-ring (bicyclic) bond motifs is 2. The number of rotatable bonds is 14. The SMILES string of the molecule is Cc1c(F)cc2c(c1-c1c(C(N)=O)ccc(OCCO)c1F)[C@H](C)[C@@](CNC1CCC(C(=O)N3CC[C@H](CN4CCC(c5c(F)cc6c(N7CCC(=O)NC7=O)nn(C)c6c5F)CC4)C3)CC1)(c1c#cccc1)O2. The average Bonchev–Trinajstić information content (AvgIpc) is 4.08. The van der Waals surface area contributed by atoms with Crippen LogP contribution in [-0.2, 0) is 22.2 Å². The summed E-state index contributed by atoms with van der Waals surface area (Å²) >= 11 is 0. The highest BCUT2D eigenvalue weighted by atomic mass is 19.1. The van der Waals surface area contributed by atoms with Gasteiger partial charge in [0.15, 0.2) is 28.8 Å². The summed E-state index contributed by atoms with van der Waals surface area (Å²) in [7, 11) is 1.55. The molecule has 0 spiro atoms. The van der Waals surface area contributed by atoms with Crippen molar-refractivity contribution < 1.29 is 51.3 Å². The van der Waals surface area contributed by atoms with Crippen LogP contribution in [0.15, 0.2) is 42.5 Å². The second-order valence-corrected chi connectivity index (χ2v) is 20.6. The summed E-state index contributed by atoms with van der Waals surface area (Å²) in [6.45, 7) is 6.58. The number of imide groups is 1. The second-order valence-electron chi connectivity index (χ2n) is 20.6. The molecule has 19 heteroatoms. The third-order valence-corrected chi connectivity index (χ3v) is 16.2. The Morgan fingerprint density at radius 1 is 0.973 bits per heavy atom. The Balaban J connectivity index is 0.757. The topological polar surface area (TPSA) is 185 Å². The summed E-state index contributed by atoms with van der Waals surface area (Å²) in [5.41, 5.74) is 5.73. The molecule has 74 heavy (non-hydrogen) atoms. The number of aromatic nitrogens is 2. The highest BCUT2D eigenvalue weighted by Crippen LogP contribution is 2.55. The predicted octanol–water partition coefficient (Wildman–Crippen LogP) is 6.89. The van der Waals surface area contributed by atoms with Gasteiger partial charge < -0.3 is 35.4 Å². The number of carbonyl (C=O) groups is 4. The van der Waals surface area contributed by atoms with Crippen molar-refractivity contribution in [1.82, 2.24) is 30.2 Å². The molecule has 1 aliphatic carbocycles. The van der Waals surface area contributed by atoms with E-state index in [4.69, 9.17) is 15.2 Å². The number of piperidine rings is 1. The summed E-state index contributed by atoms with van der Waals surface area (Å²) in [5.74, 6) is -4.81. The number of carbonyl (C=O) groups excluding carboxylic acids is 4. The van der Waals surface area contributed by atoms with E-state index in [1.54, 1.807) is 13.1 Å². The van der Waals surface area contributed by atoms with Crippen LogP contribution in [0.5, 0.6) is 11.5 Å². The fraction of sp³-hybridized carbons (Fsp3) is 0.473. The number of anilines is 1. The summed E-state index contributed by atoms with van der Waals surface area (Å²) < 4.78 is 78.2. The minimum Gasteiger partial charge on any atom is -0.488 e. The zero-order valence-corrected chi connectivity index (χ0v) is 41.7. The summed E-state index contributed by atoms with van der Waals surface area (Å²) in [5, 5.41) is 19.9. The zero-order chi connectivity index (χ0) is 52.2. The Hall–Kier alpha value is -6.75. The maximum Gasteiger partial charge on any atom is 0.329 e. The van der Waals surface area contributed by atoms with E-state index in [1.807, 2.05) is 24.0 Å². The molecule has 10 rings (SSSR count). The van der Waals surface area contributed by atoms with Crippen molar-refractivity contribution >= 4 is 40.5 Å². The molecule has 390 valence electrons. The normalized spacial score (nSPS) is 23.5. The van der Waals surface area contributed by atoms with E-state index in [9.17, 15) is 24.3 Å². The van der Waals surface area contributed by atoms with Gasteiger partial charge in [-0.2, -0.15) is 5.10 Å². The molecule has 5 heterocycles. The molecule has 0 radical (unpaired) electrons. The molecule has 5 amide bonds. The summed E-state index contributed by atoms with van der Waals surface area (Å²) in [6, 6.07) is 16.1. The number of ether oxygens (including phenoxy) is 2. The lowest BCUT2D eigenvalue weighted by Crippen LogP contribution is -2.49. The number of aryl methyl sites for hydroxylation is 1. The van der Waals surface area contributed by atoms with Gasteiger partial charge in [-0.05, 0) is 118 Å². The second kappa shape index (κ2) is 20.5. The smallest absolute Gasteiger partial charge is 0.329 e. The molecule has 0 bridgehead atoms. The van der Waals surface area contributed by atoms with Gasteiger partial charge in [0.05, 0.1) is 17.6 Å². The number of hydrogen-bond donors (Lipinski definition) is 4. The Morgan fingerprint density at radius 2 is 1.74 bits per heavy atom. The first-order valence-corrected chi connectivity index (χ1v) is 25.6. The maximum absolute atomic E-state index is 16.5. The molecular weight excluding hydrogens is 961 g/mol. The first-order chi connectivity index (χ1) is 35.6. The minimum atomic E-state index is -1.17. The van der Waals surface area contributed by atoms with Crippen LogP contribution in [-0.4, -0.2) is 114 Å². The third-order valence-electron chi connectivity index (χ3n) is 16.2. The minimum absolute atomic E-state index is 0.0240. The quantitative estimate of drug-likeness (QED) is 0.0855. The van der Waals surface area contributed by atoms with Crippen molar-refractivity contribution in [1.29, 1.82) is 0 Å². The van der Waals surface area contributed by atoms with Crippen LogP contribution in [0.4, 0.5) is 28.2 Å². The van der Waals surface area contributed by atoms with E-state index in [1.165, 1.54) is 40.8 Å². The van der Waals surface area contributed by atoms with E-state index in [0.717, 1.165) is 25.8 Å². The average molecular weight is 1020 g/mol. The number of likely N-dealkylation sites (tertiary alicyclic amines) is 2. The maximum atomic E-state index is 16.5. The molecule has 4 aliphatic heterocycles. The summed E-state index contributed by atoms with van der Waals surface area (Å²) in [4.78, 5) is 56.7. The van der Waals surface area contributed by atoms with Crippen LogP contribution in [0, 0.1) is 54.2 Å². The van der Waals surface area contributed by atoms with Gasteiger partial charge in [0.2, 0.25) is 17.7 Å². The Kier molecular flexibility index (Phi) is 14.1. The van der Waals surface area contributed by atoms with Crippen LogP contribution < -0.4 is 30.7 Å². The molecule has 1 aromatic heterocycles. The van der Waals surface area contributed by atoms with Crippen molar-refractivity contribution in [3.8, 4) is 22.6 Å². The standard InChI is InChI=1S/C55H60F4N8O7/c1-30-39(56)26-42-45(44(30)47-37(51(60)70)13-14-41(48(47)58)73-24-23-68)31(2)55(74-42,35-7-5-4-6-8-35)29-61-36-11-9-34(10-12-36)53(71)66-21-15-32(28-66)27-65-19-16-33(17-20-65)46-40(57)25-38-50(49(46)59)64(3)63-52(38)67-22-18-43(69)62-54(67)72/h4-5,7,13-14,25-26,31-34,36,61,68H,9-12,15-24,27-29H2,1-3H3,(H2,60,70)(H,62,69,72)/t31-,32+,34?,36?,55-/m0/s1. The van der Waals surface area contributed by atoms with Crippen molar-refractivity contribution in [3.63, 3.8) is 0 Å². The molecule has 0 unspecified atom stereocenters. The molecule has 5 N–H and O–H groups in total. The van der Waals surface area contributed by atoms with E-state index in [0.29, 0.717) is 63.0 Å².